The third-order valence-electron chi connectivity index (χ3n) is 5.68. The standard InChI is InChI=1S/C20H24N2O2S/c1-21-9-7-20(8-10-21)14-22(19(23)13-16-4-3-11-25-16)18-6-5-15(24-2)12-17(18)20/h3-6,11-12H,7-10,13-14H2,1-2H3. The number of rotatable bonds is 3. The van der Waals surface area contributed by atoms with Crippen molar-refractivity contribution in [1.29, 1.82) is 0 Å². The summed E-state index contributed by atoms with van der Waals surface area (Å²) in [6, 6.07) is 10.2. The van der Waals surface area contributed by atoms with Gasteiger partial charge in [-0.3, -0.25) is 4.79 Å². The fourth-order valence-electron chi connectivity index (χ4n) is 4.13. The topological polar surface area (TPSA) is 32.8 Å². The lowest BCUT2D eigenvalue weighted by molar-refractivity contribution is -0.118. The van der Waals surface area contributed by atoms with Crippen LogP contribution in [-0.4, -0.2) is 44.6 Å². The second kappa shape index (κ2) is 6.46. The minimum Gasteiger partial charge on any atom is -0.497 e. The van der Waals surface area contributed by atoms with Crippen LogP contribution in [-0.2, 0) is 16.6 Å². The van der Waals surface area contributed by atoms with Gasteiger partial charge in [0.25, 0.3) is 0 Å². The number of likely N-dealkylation sites (tertiary alicyclic amines) is 1. The van der Waals surface area contributed by atoms with Crippen LogP contribution in [0.3, 0.4) is 0 Å². The van der Waals surface area contributed by atoms with Gasteiger partial charge in [0, 0.05) is 22.5 Å². The number of carbonyl (C=O) groups excluding carboxylic acids is 1. The lowest BCUT2D eigenvalue weighted by atomic mass is 9.74. The van der Waals surface area contributed by atoms with Gasteiger partial charge in [0.05, 0.1) is 13.5 Å². The summed E-state index contributed by atoms with van der Waals surface area (Å²) < 4.78 is 5.46. The third kappa shape index (κ3) is 2.96. The first-order chi connectivity index (χ1) is 12.1. The maximum absolute atomic E-state index is 13.0. The van der Waals surface area contributed by atoms with Crippen molar-refractivity contribution in [2.24, 2.45) is 0 Å². The molecule has 1 fully saturated rings. The van der Waals surface area contributed by atoms with E-state index in [1.807, 2.05) is 28.5 Å². The molecule has 0 saturated carbocycles. The zero-order valence-electron chi connectivity index (χ0n) is 14.8. The zero-order chi connectivity index (χ0) is 17.4. The van der Waals surface area contributed by atoms with Gasteiger partial charge < -0.3 is 14.5 Å². The van der Waals surface area contributed by atoms with Crippen molar-refractivity contribution in [3.05, 3.63) is 46.2 Å². The SMILES string of the molecule is COc1ccc2c(c1)C1(CCN(C)CC1)CN2C(=O)Cc1cccs1. The summed E-state index contributed by atoms with van der Waals surface area (Å²) in [5, 5.41) is 2.03. The van der Waals surface area contributed by atoms with Crippen molar-refractivity contribution in [3.8, 4) is 5.75 Å². The van der Waals surface area contributed by atoms with Crippen LogP contribution < -0.4 is 9.64 Å². The Morgan fingerprint density at radius 1 is 1.28 bits per heavy atom. The van der Waals surface area contributed by atoms with Crippen LogP contribution in [0.1, 0.15) is 23.3 Å². The second-order valence-electron chi connectivity index (χ2n) is 7.20. The summed E-state index contributed by atoms with van der Waals surface area (Å²) in [7, 11) is 3.88. The number of benzene rings is 1. The number of amides is 1. The number of carbonyl (C=O) groups is 1. The molecule has 2 aliphatic rings. The first-order valence-electron chi connectivity index (χ1n) is 8.81. The van der Waals surface area contributed by atoms with E-state index >= 15 is 0 Å². The van der Waals surface area contributed by atoms with Crippen LogP contribution in [0, 0.1) is 0 Å². The summed E-state index contributed by atoms with van der Waals surface area (Å²) >= 11 is 1.65. The summed E-state index contributed by atoms with van der Waals surface area (Å²) in [4.78, 5) is 18.5. The van der Waals surface area contributed by atoms with Crippen LogP contribution >= 0.6 is 11.3 Å². The predicted octanol–water partition coefficient (Wildman–Crippen LogP) is 3.31. The molecule has 1 aromatic carbocycles. The van der Waals surface area contributed by atoms with Gasteiger partial charge in [0.15, 0.2) is 0 Å². The first-order valence-corrected chi connectivity index (χ1v) is 9.69. The first kappa shape index (κ1) is 16.6. The maximum Gasteiger partial charge on any atom is 0.232 e. The molecule has 1 amide bonds. The zero-order valence-corrected chi connectivity index (χ0v) is 15.6. The highest BCUT2D eigenvalue weighted by Gasteiger charge is 2.46. The Balaban J connectivity index is 1.68. The van der Waals surface area contributed by atoms with Crippen molar-refractivity contribution < 1.29 is 9.53 Å². The number of piperidine rings is 1. The number of hydrogen-bond acceptors (Lipinski definition) is 4. The van der Waals surface area contributed by atoms with E-state index in [9.17, 15) is 4.79 Å². The minimum atomic E-state index is 0.0709. The van der Waals surface area contributed by atoms with Crippen molar-refractivity contribution in [1.82, 2.24) is 4.90 Å². The van der Waals surface area contributed by atoms with E-state index in [1.54, 1.807) is 18.4 Å². The van der Waals surface area contributed by atoms with Crippen LogP contribution in [0.2, 0.25) is 0 Å². The van der Waals surface area contributed by atoms with E-state index in [4.69, 9.17) is 4.74 Å². The quantitative estimate of drug-likeness (QED) is 0.846. The highest BCUT2D eigenvalue weighted by molar-refractivity contribution is 7.10. The van der Waals surface area contributed by atoms with Crippen LogP contribution in [0.5, 0.6) is 5.75 Å². The molecule has 0 radical (unpaired) electrons. The van der Waals surface area contributed by atoms with Crippen molar-refractivity contribution in [2.45, 2.75) is 24.7 Å². The van der Waals surface area contributed by atoms with Crippen molar-refractivity contribution >= 4 is 22.9 Å². The van der Waals surface area contributed by atoms with Crippen LogP contribution in [0.4, 0.5) is 5.69 Å². The second-order valence-corrected chi connectivity index (χ2v) is 8.23. The molecule has 0 unspecified atom stereocenters. The van der Waals surface area contributed by atoms with Gasteiger partial charge in [0.2, 0.25) is 5.91 Å². The molecule has 1 spiro atoms. The maximum atomic E-state index is 13.0. The molecule has 0 N–H and O–H groups in total. The Kier molecular flexibility index (Phi) is 4.29. The van der Waals surface area contributed by atoms with Crippen LogP contribution in [0.25, 0.3) is 0 Å². The van der Waals surface area contributed by atoms with E-state index < -0.39 is 0 Å². The van der Waals surface area contributed by atoms with Gasteiger partial charge in [-0.25, -0.2) is 0 Å². The Bertz CT molecular complexity index is 764. The van der Waals surface area contributed by atoms with E-state index in [1.165, 1.54) is 5.56 Å². The smallest absolute Gasteiger partial charge is 0.232 e. The summed E-state index contributed by atoms with van der Waals surface area (Å²) in [5.74, 6) is 1.08. The molecule has 4 rings (SSSR count). The number of hydrogen-bond donors (Lipinski definition) is 0. The van der Waals surface area contributed by atoms with E-state index in [0.717, 1.165) is 48.8 Å². The number of anilines is 1. The average Bonchev–Trinajstić information content (AvgIpc) is 3.24. The fourth-order valence-corrected chi connectivity index (χ4v) is 4.83. The monoisotopic (exact) mass is 356 g/mol. The van der Waals surface area contributed by atoms with Gasteiger partial charge in [-0.15, -0.1) is 11.3 Å². The normalized spacial score (nSPS) is 19.2. The van der Waals surface area contributed by atoms with Gasteiger partial charge in [0.1, 0.15) is 5.75 Å². The lowest BCUT2D eigenvalue weighted by Crippen LogP contribution is -2.45. The number of thiophene rings is 1. The van der Waals surface area contributed by atoms with Gasteiger partial charge >= 0.3 is 0 Å². The molecule has 5 heteroatoms. The number of nitrogens with zero attached hydrogens (tertiary/aromatic N) is 2. The van der Waals surface area contributed by atoms with Crippen LogP contribution in [0.15, 0.2) is 35.7 Å². The van der Waals surface area contributed by atoms with Gasteiger partial charge in [-0.05, 0) is 68.2 Å². The molecular weight excluding hydrogens is 332 g/mol. The Hall–Kier alpha value is -1.85. The van der Waals surface area contributed by atoms with Gasteiger partial charge in [-0.2, -0.15) is 0 Å². The molecule has 2 aromatic rings. The molecule has 25 heavy (non-hydrogen) atoms. The van der Waals surface area contributed by atoms with Gasteiger partial charge in [-0.1, -0.05) is 6.07 Å². The number of fused-ring (bicyclic) bond motifs is 2. The summed E-state index contributed by atoms with van der Waals surface area (Å²) in [6.07, 6.45) is 2.66. The highest BCUT2D eigenvalue weighted by atomic mass is 32.1. The Morgan fingerprint density at radius 3 is 2.76 bits per heavy atom. The molecule has 0 bridgehead atoms. The van der Waals surface area contributed by atoms with Crippen molar-refractivity contribution in [2.75, 3.05) is 38.7 Å². The molecular formula is C20H24N2O2S. The minimum absolute atomic E-state index is 0.0709. The molecule has 0 aliphatic carbocycles. The fraction of sp³-hybridized carbons (Fsp3) is 0.450. The molecule has 1 saturated heterocycles. The van der Waals surface area contributed by atoms with E-state index in [2.05, 4.69) is 24.1 Å². The summed E-state index contributed by atoms with van der Waals surface area (Å²) in [6.45, 7) is 2.95. The molecule has 3 heterocycles. The Morgan fingerprint density at radius 2 is 2.08 bits per heavy atom. The molecule has 1 aromatic heterocycles. The third-order valence-corrected chi connectivity index (χ3v) is 6.55. The number of methoxy groups -OCH3 is 1. The van der Waals surface area contributed by atoms with E-state index in [0.29, 0.717) is 6.42 Å². The van der Waals surface area contributed by atoms with E-state index in [-0.39, 0.29) is 11.3 Å². The largest absolute Gasteiger partial charge is 0.497 e. The molecule has 132 valence electrons. The molecule has 4 nitrogen and oxygen atoms in total. The molecule has 2 aliphatic heterocycles. The average molecular weight is 356 g/mol. The predicted molar refractivity (Wildman–Crippen MR) is 102 cm³/mol. The van der Waals surface area contributed by atoms with Crippen molar-refractivity contribution in [3.63, 3.8) is 0 Å². The summed E-state index contributed by atoms with van der Waals surface area (Å²) in [5.41, 5.74) is 2.44. The lowest BCUT2D eigenvalue weighted by Gasteiger charge is -2.38. The highest BCUT2D eigenvalue weighted by Crippen LogP contribution is 2.48. The molecule has 0 atom stereocenters. The number of ether oxygens (including phenoxy) is 1. The Labute approximate surface area is 153 Å².